The Morgan fingerprint density at radius 2 is 1.70 bits per heavy atom. The number of carbonyl (C=O) groups excluding carboxylic acids is 1. The minimum Gasteiger partial charge on any atom is -0.360 e. The molecule has 1 N–H and O–H groups in total. The largest absolute Gasteiger partial charge is 0.416 e. The first-order valence-electron chi connectivity index (χ1n) is 6.70. The molecule has 3 nitrogen and oxygen atoms in total. The predicted molar refractivity (Wildman–Crippen MR) is 79.4 cm³/mol. The van der Waals surface area contributed by atoms with Crippen molar-refractivity contribution in [2.24, 2.45) is 0 Å². The van der Waals surface area contributed by atoms with Crippen LogP contribution >= 0.6 is 0 Å². The van der Waals surface area contributed by atoms with E-state index in [0.717, 1.165) is 12.1 Å². The summed E-state index contributed by atoms with van der Waals surface area (Å²) < 4.78 is 38.4. The average molecular weight is 317 g/mol. The number of alkyl halides is 3. The van der Waals surface area contributed by atoms with Gasteiger partial charge < -0.3 is 4.98 Å². The lowest BCUT2D eigenvalue weighted by Gasteiger charge is -2.08. The first kappa shape index (κ1) is 15.0. The Morgan fingerprint density at radius 1 is 1.00 bits per heavy atom. The zero-order valence-electron chi connectivity index (χ0n) is 11.6. The van der Waals surface area contributed by atoms with Gasteiger partial charge in [-0.25, -0.2) is 0 Å². The molecule has 0 saturated heterocycles. The summed E-state index contributed by atoms with van der Waals surface area (Å²) in [6, 6.07) is 10.9. The molecular formula is C17H10F3NO2. The standard InChI is InChI=1S/C17H10F3NO2/c18-17(19,20)11-6-7-14-12(8-11)16(23)13(9-21-14)15(22)10-4-2-1-3-5-10/h1-9H,(H,21,23). The highest BCUT2D eigenvalue weighted by Crippen LogP contribution is 2.30. The van der Waals surface area contributed by atoms with Crippen LogP contribution in [-0.2, 0) is 6.18 Å². The number of carbonyl (C=O) groups is 1. The van der Waals surface area contributed by atoms with E-state index >= 15 is 0 Å². The summed E-state index contributed by atoms with van der Waals surface area (Å²) in [6.45, 7) is 0. The second-order valence-corrected chi connectivity index (χ2v) is 4.98. The smallest absolute Gasteiger partial charge is 0.360 e. The fourth-order valence-corrected chi connectivity index (χ4v) is 2.31. The molecule has 1 heterocycles. The van der Waals surface area contributed by atoms with Crippen LogP contribution < -0.4 is 5.43 Å². The highest BCUT2D eigenvalue weighted by atomic mass is 19.4. The van der Waals surface area contributed by atoms with Gasteiger partial charge in [-0.05, 0) is 18.2 Å². The number of aromatic amines is 1. The van der Waals surface area contributed by atoms with E-state index in [4.69, 9.17) is 0 Å². The maximum atomic E-state index is 12.8. The molecule has 0 aliphatic carbocycles. The highest BCUT2D eigenvalue weighted by Gasteiger charge is 2.31. The lowest BCUT2D eigenvalue weighted by atomic mass is 10.0. The molecule has 3 aromatic rings. The summed E-state index contributed by atoms with van der Waals surface area (Å²) in [5.74, 6) is -0.536. The summed E-state index contributed by atoms with van der Waals surface area (Å²) in [5, 5.41) is -0.165. The maximum Gasteiger partial charge on any atom is 0.416 e. The first-order valence-corrected chi connectivity index (χ1v) is 6.70. The van der Waals surface area contributed by atoms with Crippen molar-refractivity contribution in [1.29, 1.82) is 0 Å². The van der Waals surface area contributed by atoms with E-state index < -0.39 is 23.0 Å². The molecule has 6 heteroatoms. The van der Waals surface area contributed by atoms with Gasteiger partial charge in [0, 0.05) is 22.7 Å². The molecule has 0 amide bonds. The van der Waals surface area contributed by atoms with Gasteiger partial charge in [-0.2, -0.15) is 13.2 Å². The number of H-pyrrole nitrogens is 1. The number of nitrogens with one attached hydrogen (secondary N) is 1. The molecule has 0 spiro atoms. The molecule has 0 saturated carbocycles. The molecule has 0 aliphatic rings. The van der Waals surface area contributed by atoms with Crippen LogP contribution in [0.15, 0.2) is 59.5 Å². The number of aromatic nitrogens is 1. The molecule has 2 aromatic carbocycles. The van der Waals surface area contributed by atoms with Crippen molar-refractivity contribution < 1.29 is 18.0 Å². The van der Waals surface area contributed by atoms with Gasteiger partial charge in [-0.1, -0.05) is 30.3 Å². The predicted octanol–water partition coefficient (Wildman–Crippen LogP) is 3.78. The Labute approximate surface area is 128 Å². The number of ketones is 1. The number of pyridine rings is 1. The van der Waals surface area contributed by atoms with Gasteiger partial charge in [0.1, 0.15) is 0 Å². The van der Waals surface area contributed by atoms with Gasteiger partial charge >= 0.3 is 6.18 Å². The summed E-state index contributed by atoms with van der Waals surface area (Å²) in [7, 11) is 0. The number of benzene rings is 2. The fourth-order valence-electron chi connectivity index (χ4n) is 2.31. The van der Waals surface area contributed by atoms with Crippen molar-refractivity contribution in [3.8, 4) is 0 Å². The number of hydrogen-bond donors (Lipinski definition) is 1. The minimum atomic E-state index is -4.56. The average Bonchev–Trinajstić information content (AvgIpc) is 2.54. The van der Waals surface area contributed by atoms with Crippen molar-refractivity contribution in [1.82, 2.24) is 4.98 Å². The second-order valence-electron chi connectivity index (χ2n) is 4.98. The van der Waals surface area contributed by atoms with E-state index in [1.54, 1.807) is 18.2 Å². The van der Waals surface area contributed by atoms with Crippen molar-refractivity contribution in [3.63, 3.8) is 0 Å². The quantitative estimate of drug-likeness (QED) is 0.731. The summed E-state index contributed by atoms with van der Waals surface area (Å²) in [5.41, 5.74) is -1.31. The number of fused-ring (bicyclic) bond motifs is 1. The third-order valence-corrected chi connectivity index (χ3v) is 3.49. The Bertz CT molecular complexity index is 943. The molecule has 0 atom stereocenters. The van der Waals surface area contributed by atoms with Crippen LogP contribution in [0.25, 0.3) is 10.9 Å². The Kier molecular flexibility index (Phi) is 3.52. The van der Waals surface area contributed by atoms with E-state index in [9.17, 15) is 22.8 Å². The van der Waals surface area contributed by atoms with Crippen molar-refractivity contribution in [2.45, 2.75) is 6.18 Å². The van der Waals surface area contributed by atoms with E-state index in [2.05, 4.69) is 4.98 Å². The molecule has 1 aromatic heterocycles. The summed E-state index contributed by atoms with van der Waals surface area (Å²) in [6.07, 6.45) is -3.33. The number of rotatable bonds is 2. The Balaban J connectivity index is 2.19. The third-order valence-electron chi connectivity index (χ3n) is 3.49. The van der Waals surface area contributed by atoms with Crippen LogP contribution in [0, 0.1) is 0 Å². The minimum absolute atomic E-state index is 0.165. The van der Waals surface area contributed by atoms with Crippen LogP contribution in [0.2, 0.25) is 0 Å². The van der Waals surface area contributed by atoms with E-state index in [0.29, 0.717) is 5.56 Å². The molecule has 0 aliphatic heterocycles. The topological polar surface area (TPSA) is 49.9 Å². The van der Waals surface area contributed by atoms with Crippen LogP contribution in [0.3, 0.4) is 0 Å². The van der Waals surface area contributed by atoms with Crippen LogP contribution in [-0.4, -0.2) is 10.8 Å². The zero-order valence-corrected chi connectivity index (χ0v) is 11.6. The molecular weight excluding hydrogens is 307 g/mol. The van der Waals surface area contributed by atoms with Gasteiger partial charge in [-0.3, -0.25) is 9.59 Å². The molecule has 0 fully saturated rings. The monoisotopic (exact) mass is 317 g/mol. The molecule has 0 radical (unpaired) electrons. The number of hydrogen-bond acceptors (Lipinski definition) is 2. The molecule has 0 unspecified atom stereocenters. The highest BCUT2D eigenvalue weighted by molar-refractivity contribution is 6.10. The molecule has 116 valence electrons. The van der Waals surface area contributed by atoms with Crippen molar-refractivity contribution >= 4 is 16.7 Å². The Hall–Kier alpha value is -2.89. The van der Waals surface area contributed by atoms with Gasteiger partial charge in [0.25, 0.3) is 0 Å². The Morgan fingerprint density at radius 3 is 2.35 bits per heavy atom. The van der Waals surface area contributed by atoms with E-state index in [1.165, 1.54) is 24.4 Å². The SMILES string of the molecule is O=C(c1ccccc1)c1c[nH]c2ccc(C(F)(F)F)cc2c1=O. The maximum absolute atomic E-state index is 12.8. The van der Waals surface area contributed by atoms with Crippen molar-refractivity contribution in [2.75, 3.05) is 0 Å². The lowest BCUT2D eigenvalue weighted by molar-refractivity contribution is -0.137. The fraction of sp³-hybridized carbons (Fsp3) is 0.0588. The molecule has 23 heavy (non-hydrogen) atoms. The van der Waals surface area contributed by atoms with E-state index in [1.807, 2.05) is 0 Å². The number of halogens is 3. The normalized spacial score (nSPS) is 11.6. The summed E-state index contributed by atoms with van der Waals surface area (Å²) in [4.78, 5) is 27.5. The van der Waals surface area contributed by atoms with Crippen LogP contribution in [0.1, 0.15) is 21.5 Å². The van der Waals surface area contributed by atoms with Gasteiger partial charge in [-0.15, -0.1) is 0 Å². The summed E-state index contributed by atoms with van der Waals surface area (Å²) >= 11 is 0. The lowest BCUT2D eigenvalue weighted by Crippen LogP contribution is -2.17. The van der Waals surface area contributed by atoms with Gasteiger partial charge in [0.15, 0.2) is 5.78 Å². The molecule has 0 bridgehead atoms. The second kappa shape index (κ2) is 5.39. The molecule has 3 rings (SSSR count). The van der Waals surface area contributed by atoms with Crippen LogP contribution in [0.4, 0.5) is 13.2 Å². The van der Waals surface area contributed by atoms with Crippen molar-refractivity contribution in [3.05, 3.63) is 81.6 Å². The first-order chi connectivity index (χ1) is 10.9. The van der Waals surface area contributed by atoms with E-state index in [-0.39, 0.29) is 16.5 Å². The zero-order chi connectivity index (χ0) is 16.6. The van der Waals surface area contributed by atoms with Gasteiger partial charge in [0.05, 0.1) is 11.1 Å². The third kappa shape index (κ3) is 2.75. The van der Waals surface area contributed by atoms with Gasteiger partial charge in [0.2, 0.25) is 5.43 Å². The van der Waals surface area contributed by atoms with Crippen LogP contribution in [0.5, 0.6) is 0 Å².